The molecule has 0 aliphatic carbocycles. The zero-order valence-corrected chi connectivity index (χ0v) is 7.82. The predicted octanol–water partition coefficient (Wildman–Crippen LogP) is 1.09. The highest BCUT2D eigenvalue weighted by molar-refractivity contribution is 4.60. The number of hydrogen-bond donors (Lipinski definition) is 0. The summed E-state index contributed by atoms with van der Waals surface area (Å²) in [7, 11) is 0. The lowest BCUT2D eigenvalue weighted by atomic mass is 10.2. The molecule has 0 amide bonds. The minimum atomic E-state index is -0.0689. The molecule has 12 heavy (non-hydrogen) atoms. The van der Waals surface area contributed by atoms with Crippen LogP contribution in [0.5, 0.6) is 0 Å². The number of nitrogens with zero attached hydrogens (tertiary/aromatic N) is 3. The van der Waals surface area contributed by atoms with Crippen molar-refractivity contribution >= 4 is 0 Å². The zero-order chi connectivity index (χ0) is 9.03. The van der Waals surface area contributed by atoms with Crippen LogP contribution in [0.4, 0.5) is 0 Å². The third-order valence-corrected chi connectivity index (χ3v) is 1.32. The van der Waals surface area contributed by atoms with Crippen LogP contribution in [0.15, 0.2) is 12.7 Å². The van der Waals surface area contributed by atoms with E-state index in [1.54, 1.807) is 11.0 Å². The van der Waals surface area contributed by atoms with Crippen molar-refractivity contribution in [1.29, 1.82) is 0 Å². The van der Waals surface area contributed by atoms with E-state index in [0.29, 0.717) is 6.61 Å². The molecule has 0 aliphatic rings. The van der Waals surface area contributed by atoms with Crippen LogP contribution in [-0.2, 0) is 11.3 Å². The molecule has 0 spiro atoms. The molecule has 0 N–H and O–H groups in total. The number of ether oxygens (including phenoxy) is 1. The smallest absolute Gasteiger partial charge is 0.137 e. The maximum atomic E-state index is 5.51. The van der Waals surface area contributed by atoms with Gasteiger partial charge in [0, 0.05) is 0 Å². The number of aromatic nitrogens is 3. The Bertz CT molecular complexity index is 213. The number of hydrogen-bond acceptors (Lipinski definition) is 3. The highest BCUT2D eigenvalue weighted by Crippen LogP contribution is 2.05. The molecule has 0 aromatic carbocycles. The van der Waals surface area contributed by atoms with Crippen molar-refractivity contribution < 1.29 is 4.74 Å². The summed E-state index contributed by atoms with van der Waals surface area (Å²) in [5.74, 6) is 0. The van der Waals surface area contributed by atoms with Gasteiger partial charge in [0.15, 0.2) is 0 Å². The maximum Gasteiger partial charge on any atom is 0.137 e. The van der Waals surface area contributed by atoms with Gasteiger partial charge in [0.25, 0.3) is 0 Å². The van der Waals surface area contributed by atoms with Crippen LogP contribution in [0.3, 0.4) is 0 Å². The van der Waals surface area contributed by atoms with Crippen molar-refractivity contribution in [3.05, 3.63) is 12.7 Å². The summed E-state index contributed by atoms with van der Waals surface area (Å²) >= 11 is 0. The van der Waals surface area contributed by atoms with Gasteiger partial charge in [-0.2, -0.15) is 5.10 Å². The van der Waals surface area contributed by atoms with Crippen molar-refractivity contribution in [2.75, 3.05) is 6.61 Å². The summed E-state index contributed by atoms with van der Waals surface area (Å²) < 4.78 is 7.27. The molecule has 0 atom stereocenters. The van der Waals surface area contributed by atoms with E-state index in [2.05, 4.69) is 10.1 Å². The molecule has 4 nitrogen and oxygen atoms in total. The second kappa shape index (κ2) is 3.67. The summed E-state index contributed by atoms with van der Waals surface area (Å²) in [5.41, 5.74) is -0.0689. The van der Waals surface area contributed by atoms with E-state index in [4.69, 9.17) is 4.74 Å². The van der Waals surface area contributed by atoms with Crippen LogP contribution in [0.25, 0.3) is 0 Å². The summed E-state index contributed by atoms with van der Waals surface area (Å²) in [4.78, 5) is 3.83. The lowest BCUT2D eigenvalue weighted by molar-refractivity contribution is -0.00792. The number of rotatable bonds is 3. The van der Waals surface area contributed by atoms with Crippen molar-refractivity contribution in [1.82, 2.24) is 14.8 Å². The van der Waals surface area contributed by atoms with Crippen molar-refractivity contribution in [2.45, 2.75) is 32.9 Å². The zero-order valence-electron chi connectivity index (χ0n) is 7.82. The molecule has 0 fully saturated rings. The van der Waals surface area contributed by atoms with E-state index in [9.17, 15) is 0 Å². The van der Waals surface area contributed by atoms with Crippen molar-refractivity contribution in [3.63, 3.8) is 0 Å². The van der Waals surface area contributed by atoms with Crippen LogP contribution < -0.4 is 0 Å². The molecule has 0 bridgehead atoms. The Morgan fingerprint density at radius 1 is 1.42 bits per heavy atom. The van der Waals surface area contributed by atoms with E-state index in [1.165, 1.54) is 6.33 Å². The van der Waals surface area contributed by atoms with Gasteiger partial charge in [-0.1, -0.05) is 0 Å². The molecular formula is C8H15N3O. The van der Waals surface area contributed by atoms with Gasteiger partial charge < -0.3 is 4.74 Å². The summed E-state index contributed by atoms with van der Waals surface area (Å²) in [6.07, 6.45) is 3.21. The SMILES string of the molecule is CC(C)(C)OCCn1cncn1. The first-order chi connectivity index (χ1) is 5.58. The van der Waals surface area contributed by atoms with Crippen molar-refractivity contribution in [3.8, 4) is 0 Å². The monoisotopic (exact) mass is 169 g/mol. The molecule has 0 saturated carbocycles. The molecular weight excluding hydrogens is 154 g/mol. The quantitative estimate of drug-likeness (QED) is 0.680. The van der Waals surface area contributed by atoms with E-state index in [1.807, 2.05) is 20.8 Å². The molecule has 4 heteroatoms. The Labute approximate surface area is 72.6 Å². The average molecular weight is 169 g/mol. The molecule has 1 aromatic rings. The maximum absolute atomic E-state index is 5.51. The van der Waals surface area contributed by atoms with Gasteiger partial charge in [-0.25, -0.2) is 4.98 Å². The van der Waals surface area contributed by atoms with Crippen LogP contribution >= 0.6 is 0 Å². The first-order valence-corrected chi connectivity index (χ1v) is 4.04. The molecule has 68 valence electrons. The van der Waals surface area contributed by atoms with Gasteiger partial charge in [-0.15, -0.1) is 0 Å². The lowest BCUT2D eigenvalue weighted by Crippen LogP contribution is -2.21. The normalized spacial score (nSPS) is 11.9. The third kappa shape index (κ3) is 3.48. The Kier molecular flexibility index (Phi) is 2.81. The fourth-order valence-corrected chi connectivity index (χ4v) is 0.794. The molecule has 1 rings (SSSR count). The van der Waals surface area contributed by atoms with Crippen LogP contribution in [0, 0.1) is 0 Å². The lowest BCUT2D eigenvalue weighted by Gasteiger charge is -2.19. The Morgan fingerprint density at radius 2 is 2.17 bits per heavy atom. The fraction of sp³-hybridized carbons (Fsp3) is 0.750. The highest BCUT2D eigenvalue weighted by Gasteiger charge is 2.08. The first-order valence-electron chi connectivity index (χ1n) is 4.04. The third-order valence-electron chi connectivity index (χ3n) is 1.32. The Morgan fingerprint density at radius 3 is 2.67 bits per heavy atom. The standard InChI is InChI=1S/C8H15N3O/c1-8(2,3)12-5-4-11-7-9-6-10-11/h6-7H,4-5H2,1-3H3. The summed E-state index contributed by atoms with van der Waals surface area (Å²) in [6, 6.07) is 0. The molecule has 0 unspecified atom stereocenters. The largest absolute Gasteiger partial charge is 0.374 e. The topological polar surface area (TPSA) is 39.9 Å². The second-order valence-electron chi connectivity index (χ2n) is 3.62. The first kappa shape index (κ1) is 9.19. The summed E-state index contributed by atoms with van der Waals surface area (Å²) in [5, 5.41) is 3.96. The van der Waals surface area contributed by atoms with Crippen molar-refractivity contribution in [2.24, 2.45) is 0 Å². The molecule has 1 heterocycles. The van der Waals surface area contributed by atoms with Gasteiger partial charge in [0.05, 0.1) is 18.8 Å². The minimum absolute atomic E-state index is 0.0689. The minimum Gasteiger partial charge on any atom is -0.374 e. The van der Waals surface area contributed by atoms with Gasteiger partial charge in [0.1, 0.15) is 12.7 Å². The molecule has 1 aromatic heterocycles. The van der Waals surface area contributed by atoms with Gasteiger partial charge in [-0.3, -0.25) is 4.68 Å². The molecule has 0 saturated heterocycles. The highest BCUT2D eigenvalue weighted by atomic mass is 16.5. The van der Waals surface area contributed by atoms with E-state index in [0.717, 1.165) is 6.54 Å². The molecule has 0 radical (unpaired) electrons. The van der Waals surface area contributed by atoms with Crippen LogP contribution in [0.1, 0.15) is 20.8 Å². The van der Waals surface area contributed by atoms with Gasteiger partial charge in [0.2, 0.25) is 0 Å². The van der Waals surface area contributed by atoms with Gasteiger partial charge >= 0.3 is 0 Å². The van der Waals surface area contributed by atoms with Crippen LogP contribution in [0.2, 0.25) is 0 Å². The Balaban J connectivity index is 2.20. The molecule has 0 aliphatic heterocycles. The predicted molar refractivity (Wildman–Crippen MR) is 45.7 cm³/mol. The Hall–Kier alpha value is -0.900. The summed E-state index contributed by atoms with van der Waals surface area (Å²) in [6.45, 7) is 7.54. The fourth-order valence-electron chi connectivity index (χ4n) is 0.794. The van der Waals surface area contributed by atoms with E-state index < -0.39 is 0 Å². The average Bonchev–Trinajstić information content (AvgIpc) is 2.36. The van der Waals surface area contributed by atoms with E-state index in [-0.39, 0.29) is 5.60 Å². The van der Waals surface area contributed by atoms with Gasteiger partial charge in [-0.05, 0) is 20.8 Å². The van der Waals surface area contributed by atoms with E-state index >= 15 is 0 Å². The van der Waals surface area contributed by atoms with Crippen LogP contribution in [-0.4, -0.2) is 27.0 Å². The second-order valence-corrected chi connectivity index (χ2v) is 3.62.